The molecule has 1 unspecified atom stereocenters. The fourth-order valence-corrected chi connectivity index (χ4v) is 11.6. The third kappa shape index (κ3) is 67.1. The Labute approximate surface area is 495 Å². The molecule has 470 valence electrons. The Hall–Kier alpha value is -1.59. The van der Waals surface area contributed by atoms with Crippen molar-refractivity contribution >= 4 is 17.9 Å². The molecule has 0 rings (SSSR count). The Morgan fingerprint density at radius 1 is 0.203 bits per heavy atom. The van der Waals surface area contributed by atoms with Crippen molar-refractivity contribution in [3.8, 4) is 0 Å². The molecular weight excluding hydrogens is 973 g/mol. The van der Waals surface area contributed by atoms with E-state index in [1.807, 2.05) is 0 Å². The summed E-state index contributed by atoms with van der Waals surface area (Å²) >= 11 is 0. The Morgan fingerprint density at radius 2 is 0.342 bits per heavy atom. The molecule has 0 N–H and O–H groups in total. The number of hydrogen-bond acceptors (Lipinski definition) is 6. The first-order valence-electron chi connectivity index (χ1n) is 36.5. The van der Waals surface area contributed by atoms with E-state index < -0.39 is 6.10 Å². The topological polar surface area (TPSA) is 78.9 Å². The molecule has 0 aromatic rings. The molecule has 0 radical (unpaired) electrons. The van der Waals surface area contributed by atoms with Gasteiger partial charge in [0.05, 0.1) is 0 Å². The van der Waals surface area contributed by atoms with Crippen LogP contribution in [0.3, 0.4) is 0 Å². The van der Waals surface area contributed by atoms with Gasteiger partial charge in [-0.15, -0.1) is 0 Å². The first-order valence-corrected chi connectivity index (χ1v) is 36.5. The lowest BCUT2D eigenvalue weighted by atomic mass is 10.0. The van der Waals surface area contributed by atoms with Crippen molar-refractivity contribution in [3.05, 3.63) is 0 Å². The minimum atomic E-state index is -0.763. The van der Waals surface area contributed by atoms with E-state index in [1.165, 1.54) is 334 Å². The van der Waals surface area contributed by atoms with Crippen molar-refractivity contribution in [2.75, 3.05) is 13.2 Å². The third-order valence-electron chi connectivity index (χ3n) is 17.1. The Bertz CT molecular complexity index is 1190. The van der Waals surface area contributed by atoms with Crippen molar-refractivity contribution in [3.63, 3.8) is 0 Å². The molecular formula is C73H142O6. The summed E-state index contributed by atoms with van der Waals surface area (Å²) in [7, 11) is 0. The SMILES string of the molecule is CCCCCCCCCCCCCCCCCCCCCCCCCCCCCCCC(=O)OCC(COC(=O)CCCCCCCCCCCCCC)OC(=O)CCCCCCCCCCCCCCCCCCCCCC. The van der Waals surface area contributed by atoms with Gasteiger partial charge in [-0.05, 0) is 19.3 Å². The van der Waals surface area contributed by atoms with Crippen LogP contribution in [0.25, 0.3) is 0 Å². The second kappa shape index (κ2) is 68.9. The first-order chi connectivity index (χ1) is 39.0. The lowest BCUT2D eigenvalue weighted by molar-refractivity contribution is -0.167. The van der Waals surface area contributed by atoms with Gasteiger partial charge in [0, 0.05) is 19.3 Å². The molecule has 0 saturated heterocycles. The lowest BCUT2D eigenvalue weighted by Gasteiger charge is -2.18. The molecule has 0 amide bonds. The summed E-state index contributed by atoms with van der Waals surface area (Å²) in [6, 6.07) is 0. The quantitative estimate of drug-likeness (QED) is 0.0343. The highest BCUT2D eigenvalue weighted by Gasteiger charge is 2.20. The maximum Gasteiger partial charge on any atom is 0.306 e. The summed E-state index contributed by atoms with van der Waals surface area (Å²) in [6.45, 7) is 6.74. The third-order valence-corrected chi connectivity index (χ3v) is 17.1. The van der Waals surface area contributed by atoms with Gasteiger partial charge < -0.3 is 14.2 Å². The van der Waals surface area contributed by atoms with Gasteiger partial charge in [-0.25, -0.2) is 0 Å². The zero-order valence-electron chi connectivity index (χ0n) is 54.2. The van der Waals surface area contributed by atoms with Crippen LogP contribution in [0, 0.1) is 0 Å². The maximum atomic E-state index is 12.9. The van der Waals surface area contributed by atoms with E-state index in [1.54, 1.807) is 0 Å². The predicted octanol–water partition coefficient (Wildman–Crippen LogP) is 25.0. The zero-order valence-corrected chi connectivity index (χ0v) is 54.2. The van der Waals surface area contributed by atoms with Gasteiger partial charge in [0.1, 0.15) is 13.2 Å². The molecule has 0 spiro atoms. The smallest absolute Gasteiger partial charge is 0.306 e. The number of esters is 3. The Kier molecular flexibility index (Phi) is 67.5. The number of hydrogen-bond donors (Lipinski definition) is 0. The van der Waals surface area contributed by atoms with Gasteiger partial charge in [0.2, 0.25) is 0 Å². The van der Waals surface area contributed by atoms with Gasteiger partial charge >= 0.3 is 17.9 Å². The average molecular weight is 1120 g/mol. The van der Waals surface area contributed by atoms with E-state index in [0.29, 0.717) is 19.3 Å². The summed E-state index contributed by atoms with van der Waals surface area (Å²) in [5, 5.41) is 0. The highest BCUT2D eigenvalue weighted by molar-refractivity contribution is 5.71. The maximum absolute atomic E-state index is 12.9. The summed E-state index contributed by atoms with van der Waals surface area (Å²) < 4.78 is 17.0. The summed E-state index contributed by atoms with van der Waals surface area (Å²) in [5.74, 6) is -0.820. The van der Waals surface area contributed by atoms with Gasteiger partial charge in [-0.3, -0.25) is 14.4 Å². The second-order valence-electron chi connectivity index (χ2n) is 25.2. The van der Waals surface area contributed by atoms with Gasteiger partial charge in [0.25, 0.3) is 0 Å². The monoisotopic (exact) mass is 1120 g/mol. The molecule has 0 heterocycles. The van der Waals surface area contributed by atoms with Gasteiger partial charge in [-0.2, -0.15) is 0 Å². The first kappa shape index (κ1) is 77.4. The molecule has 6 nitrogen and oxygen atoms in total. The molecule has 6 heteroatoms. The number of unbranched alkanes of at least 4 members (excludes halogenated alkanes) is 58. The van der Waals surface area contributed by atoms with Crippen LogP contribution in [0.1, 0.15) is 432 Å². The van der Waals surface area contributed by atoms with E-state index in [2.05, 4.69) is 20.8 Å². The van der Waals surface area contributed by atoms with Gasteiger partial charge in [-0.1, -0.05) is 393 Å². The normalized spacial score (nSPS) is 11.9. The minimum absolute atomic E-state index is 0.0602. The summed E-state index contributed by atoms with van der Waals surface area (Å²) in [5.41, 5.74) is 0. The van der Waals surface area contributed by atoms with Crippen molar-refractivity contribution < 1.29 is 28.6 Å². The Balaban J connectivity index is 4.11. The van der Waals surface area contributed by atoms with Crippen LogP contribution in [0.4, 0.5) is 0 Å². The van der Waals surface area contributed by atoms with E-state index >= 15 is 0 Å². The molecule has 0 aromatic heterocycles. The molecule has 0 aliphatic heterocycles. The van der Waals surface area contributed by atoms with Crippen LogP contribution in [0.2, 0.25) is 0 Å². The largest absolute Gasteiger partial charge is 0.462 e. The number of carbonyl (C=O) groups excluding carboxylic acids is 3. The van der Waals surface area contributed by atoms with E-state index in [4.69, 9.17) is 14.2 Å². The van der Waals surface area contributed by atoms with Crippen molar-refractivity contribution in [1.29, 1.82) is 0 Å². The fraction of sp³-hybridized carbons (Fsp3) is 0.959. The van der Waals surface area contributed by atoms with Crippen molar-refractivity contribution in [2.24, 2.45) is 0 Å². The molecule has 0 bridgehead atoms. The zero-order chi connectivity index (χ0) is 57.1. The molecule has 1 atom stereocenters. The molecule has 0 aliphatic carbocycles. The number of ether oxygens (including phenoxy) is 3. The summed E-state index contributed by atoms with van der Waals surface area (Å²) in [6.07, 6.45) is 81.5. The predicted molar refractivity (Wildman–Crippen MR) is 344 cm³/mol. The highest BCUT2D eigenvalue weighted by atomic mass is 16.6. The molecule has 0 fully saturated rings. The van der Waals surface area contributed by atoms with Crippen LogP contribution in [0.5, 0.6) is 0 Å². The highest BCUT2D eigenvalue weighted by Crippen LogP contribution is 2.20. The molecule has 0 aliphatic rings. The molecule has 79 heavy (non-hydrogen) atoms. The minimum Gasteiger partial charge on any atom is -0.462 e. The van der Waals surface area contributed by atoms with Gasteiger partial charge in [0.15, 0.2) is 6.10 Å². The van der Waals surface area contributed by atoms with Crippen LogP contribution >= 0.6 is 0 Å². The van der Waals surface area contributed by atoms with Crippen LogP contribution < -0.4 is 0 Å². The lowest BCUT2D eigenvalue weighted by Crippen LogP contribution is -2.30. The van der Waals surface area contributed by atoms with E-state index in [9.17, 15) is 14.4 Å². The average Bonchev–Trinajstić information content (AvgIpc) is 3.45. The van der Waals surface area contributed by atoms with E-state index in [0.717, 1.165) is 57.8 Å². The fourth-order valence-electron chi connectivity index (χ4n) is 11.6. The Morgan fingerprint density at radius 3 is 0.506 bits per heavy atom. The number of carbonyl (C=O) groups is 3. The summed E-state index contributed by atoms with van der Waals surface area (Å²) in [4.78, 5) is 38.4. The van der Waals surface area contributed by atoms with E-state index in [-0.39, 0.29) is 31.1 Å². The standard InChI is InChI=1S/C73H142O6/c1-4-7-10-13-16-19-22-25-27-29-31-33-34-35-36-37-38-39-40-41-43-44-46-48-51-54-57-60-63-66-72(75)78-69-70(68-77-71(74)65-62-59-56-53-50-24-21-18-15-12-9-6-3)79-73(76)67-64-61-58-55-52-49-47-45-42-32-30-28-26-23-20-17-14-11-8-5-2/h70H,4-69H2,1-3H3. The van der Waals surface area contributed by atoms with Crippen LogP contribution in [-0.4, -0.2) is 37.2 Å². The van der Waals surface area contributed by atoms with Crippen molar-refractivity contribution in [1.82, 2.24) is 0 Å². The second-order valence-corrected chi connectivity index (χ2v) is 25.2. The molecule has 0 saturated carbocycles. The van der Waals surface area contributed by atoms with Crippen molar-refractivity contribution in [2.45, 2.75) is 438 Å². The number of rotatable bonds is 69. The van der Waals surface area contributed by atoms with Crippen LogP contribution in [0.15, 0.2) is 0 Å². The molecule has 0 aromatic carbocycles. The van der Waals surface area contributed by atoms with Crippen LogP contribution in [-0.2, 0) is 28.6 Å².